The lowest BCUT2D eigenvalue weighted by Crippen LogP contribution is -1.95. The summed E-state index contributed by atoms with van der Waals surface area (Å²) < 4.78 is 0. The Morgan fingerprint density at radius 3 is 2.15 bits per heavy atom. The van der Waals surface area contributed by atoms with Crippen LogP contribution in [0.25, 0.3) is 0 Å². The van der Waals surface area contributed by atoms with Gasteiger partial charge in [-0.2, -0.15) is 0 Å². The van der Waals surface area contributed by atoms with Gasteiger partial charge in [-0.25, -0.2) is 0 Å². The summed E-state index contributed by atoms with van der Waals surface area (Å²) in [4.78, 5) is 11.5. The van der Waals surface area contributed by atoms with Crippen LogP contribution >= 0.6 is 0 Å². The minimum absolute atomic E-state index is 0.0781. The first-order chi connectivity index (χ1) is 6.13. The van der Waals surface area contributed by atoms with E-state index in [0.29, 0.717) is 0 Å². The lowest BCUT2D eigenvalue weighted by atomic mass is 10.0. The van der Waals surface area contributed by atoms with Crippen molar-refractivity contribution in [1.82, 2.24) is 0 Å². The van der Waals surface area contributed by atoms with E-state index in [-0.39, 0.29) is 5.78 Å². The van der Waals surface area contributed by atoms with E-state index in [0.717, 1.165) is 16.7 Å². The molecule has 1 aromatic rings. The summed E-state index contributed by atoms with van der Waals surface area (Å²) in [5.41, 5.74) is 3.04. The highest BCUT2D eigenvalue weighted by Gasteiger charge is 2.01. The lowest BCUT2D eigenvalue weighted by molar-refractivity contribution is 0.104. The number of aryl methyl sites for hydroxylation is 2. The number of rotatable bonds is 2. The zero-order chi connectivity index (χ0) is 9.84. The highest BCUT2D eigenvalue weighted by Crippen LogP contribution is 2.09. The zero-order valence-corrected chi connectivity index (χ0v) is 8.29. The third-order valence-corrected chi connectivity index (χ3v) is 1.82. The van der Waals surface area contributed by atoms with Crippen molar-refractivity contribution in [2.75, 3.05) is 0 Å². The molecule has 0 aliphatic carbocycles. The first kappa shape index (κ1) is 9.72. The number of carbonyl (C=O) groups excluding carboxylic acids is 1. The molecule has 1 heteroatoms. The van der Waals surface area contributed by atoms with E-state index in [1.165, 1.54) is 0 Å². The predicted molar refractivity (Wildman–Crippen MR) is 55.1 cm³/mol. The van der Waals surface area contributed by atoms with Crippen LogP contribution in [-0.2, 0) is 0 Å². The van der Waals surface area contributed by atoms with Crippen LogP contribution in [0.1, 0.15) is 28.4 Å². The second-order valence-electron chi connectivity index (χ2n) is 3.24. The van der Waals surface area contributed by atoms with Crippen LogP contribution in [0.5, 0.6) is 0 Å². The maximum atomic E-state index is 11.5. The van der Waals surface area contributed by atoms with E-state index in [9.17, 15) is 4.79 Å². The minimum atomic E-state index is 0.0781. The zero-order valence-electron chi connectivity index (χ0n) is 8.29. The average Bonchev–Trinajstić information content (AvgIpc) is 2.03. The van der Waals surface area contributed by atoms with Crippen molar-refractivity contribution in [2.45, 2.75) is 20.8 Å². The van der Waals surface area contributed by atoms with Gasteiger partial charge in [0.25, 0.3) is 0 Å². The lowest BCUT2D eigenvalue weighted by Gasteiger charge is -2.00. The van der Waals surface area contributed by atoms with Gasteiger partial charge in [0, 0.05) is 5.56 Å². The smallest absolute Gasteiger partial charge is 0.185 e. The molecule has 0 spiro atoms. The highest BCUT2D eigenvalue weighted by atomic mass is 16.1. The fourth-order valence-electron chi connectivity index (χ4n) is 1.36. The molecule has 1 aromatic carbocycles. The van der Waals surface area contributed by atoms with Crippen LogP contribution in [0.3, 0.4) is 0 Å². The number of benzene rings is 1. The van der Waals surface area contributed by atoms with E-state index in [1.54, 1.807) is 12.2 Å². The largest absolute Gasteiger partial charge is 0.289 e. The fraction of sp³-hybridized carbons (Fsp3) is 0.250. The Kier molecular flexibility index (Phi) is 3.02. The number of hydrogen-bond acceptors (Lipinski definition) is 1. The van der Waals surface area contributed by atoms with Crippen LogP contribution < -0.4 is 0 Å². The molecule has 0 aliphatic heterocycles. The first-order valence-corrected chi connectivity index (χ1v) is 4.39. The monoisotopic (exact) mass is 174 g/mol. The van der Waals surface area contributed by atoms with Gasteiger partial charge in [0.1, 0.15) is 0 Å². The highest BCUT2D eigenvalue weighted by molar-refractivity contribution is 6.04. The Bertz CT molecular complexity index is 328. The third-order valence-electron chi connectivity index (χ3n) is 1.82. The molecule has 0 saturated heterocycles. The molecule has 1 nitrogen and oxygen atoms in total. The molecule has 68 valence electrons. The summed E-state index contributed by atoms with van der Waals surface area (Å²) in [7, 11) is 0. The van der Waals surface area contributed by atoms with Gasteiger partial charge in [0.2, 0.25) is 0 Å². The van der Waals surface area contributed by atoms with Crippen LogP contribution in [0.2, 0.25) is 0 Å². The van der Waals surface area contributed by atoms with Crippen LogP contribution in [0, 0.1) is 13.8 Å². The summed E-state index contributed by atoms with van der Waals surface area (Å²) in [6, 6.07) is 5.89. The Balaban J connectivity index is 3.08. The summed E-state index contributed by atoms with van der Waals surface area (Å²) in [5, 5.41) is 0. The van der Waals surface area contributed by atoms with Gasteiger partial charge in [-0.1, -0.05) is 23.3 Å². The van der Waals surface area contributed by atoms with Crippen molar-refractivity contribution in [3.05, 3.63) is 47.0 Å². The van der Waals surface area contributed by atoms with E-state index in [1.807, 2.05) is 32.9 Å². The number of allylic oxidation sites excluding steroid dienone is 2. The minimum Gasteiger partial charge on any atom is -0.289 e. The van der Waals surface area contributed by atoms with Crippen molar-refractivity contribution < 1.29 is 4.79 Å². The molecule has 0 atom stereocenters. The summed E-state index contributed by atoms with van der Waals surface area (Å²) >= 11 is 0. The SMILES string of the molecule is C/C=C\C(=O)c1cc(C)cc(C)c1. The molecule has 0 N–H and O–H groups in total. The summed E-state index contributed by atoms with van der Waals surface area (Å²) in [6.07, 6.45) is 3.36. The number of hydrogen-bond donors (Lipinski definition) is 0. The fourth-order valence-corrected chi connectivity index (χ4v) is 1.36. The van der Waals surface area contributed by atoms with Gasteiger partial charge in [0.15, 0.2) is 5.78 Å². The van der Waals surface area contributed by atoms with Crippen molar-refractivity contribution in [3.8, 4) is 0 Å². The predicted octanol–water partition coefficient (Wildman–Crippen LogP) is 3.06. The standard InChI is InChI=1S/C12H14O/c1-4-5-12(13)11-7-9(2)6-10(3)8-11/h4-8H,1-3H3/b5-4-. The maximum Gasteiger partial charge on any atom is 0.185 e. The second-order valence-corrected chi connectivity index (χ2v) is 3.24. The molecule has 1 rings (SSSR count). The van der Waals surface area contributed by atoms with Crippen LogP contribution in [0.4, 0.5) is 0 Å². The Morgan fingerprint density at radius 1 is 1.15 bits per heavy atom. The topological polar surface area (TPSA) is 17.1 Å². The Hall–Kier alpha value is -1.37. The molecule has 13 heavy (non-hydrogen) atoms. The molecule has 0 amide bonds. The molecular formula is C12H14O. The van der Waals surface area contributed by atoms with E-state index in [2.05, 4.69) is 6.07 Å². The van der Waals surface area contributed by atoms with E-state index in [4.69, 9.17) is 0 Å². The quantitative estimate of drug-likeness (QED) is 0.497. The third kappa shape index (κ3) is 2.55. The van der Waals surface area contributed by atoms with Gasteiger partial charge in [-0.3, -0.25) is 4.79 Å². The Morgan fingerprint density at radius 2 is 1.69 bits per heavy atom. The molecule has 0 aliphatic rings. The van der Waals surface area contributed by atoms with Gasteiger partial charge in [0.05, 0.1) is 0 Å². The van der Waals surface area contributed by atoms with Crippen molar-refractivity contribution >= 4 is 5.78 Å². The molecule has 0 heterocycles. The first-order valence-electron chi connectivity index (χ1n) is 4.39. The Labute approximate surface area is 79.1 Å². The molecule has 0 bridgehead atoms. The molecule has 0 unspecified atom stereocenters. The van der Waals surface area contributed by atoms with Gasteiger partial charge in [-0.15, -0.1) is 0 Å². The average molecular weight is 174 g/mol. The molecule has 0 radical (unpaired) electrons. The van der Waals surface area contributed by atoms with Crippen molar-refractivity contribution in [1.29, 1.82) is 0 Å². The van der Waals surface area contributed by atoms with Gasteiger partial charge >= 0.3 is 0 Å². The van der Waals surface area contributed by atoms with Crippen molar-refractivity contribution in [2.24, 2.45) is 0 Å². The normalized spacial score (nSPS) is 10.7. The van der Waals surface area contributed by atoms with Gasteiger partial charge < -0.3 is 0 Å². The van der Waals surface area contributed by atoms with Gasteiger partial charge in [-0.05, 0) is 39.0 Å². The molecule has 0 aromatic heterocycles. The van der Waals surface area contributed by atoms with E-state index < -0.39 is 0 Å². The number of ketones is 1. The summed E-state index contributed by atoms with van der Waals surface area (Å²) in [5.74, 6) is 0.0781. The second kappa shape index (κ2) is 4.04. The molecule has 0 fully saturated rings. The van der Waals surface area contributed by atoms with Crippen LogP contribution in [0.15, 0.2) is 30.4 Å². The maximum absolute atomic E-state index is 11.5. The number of carbonyl (C=O) groups is 1. The summed E-state index contributed by atoms with van der Waals surface area (Å²) in [6.45, 7) is 5.85. The van der Waals surface area contributed by atoms with Crippen LogP contribution in [-0.4, -0.2) is 5.78 Å². The van der Waals surface area contributed by atoms with E-state index >= 15 is 0 Å². The van der Waals surface area contributed by atoms with Crippen molar-refractivity contribution in [3.63, 3.8) is 0 Å². The molecule has 0 saturated carbocycles. The molecular weight excluding hydrogens is 160 g/mol.